The molecule has 0 unspecified atom stereocenters. The number of halogens is 2. The molecule has 1 heterocycles. The summed E-state index contributed by atoms with van der Waals surface area (Å²) >= 11 is 1.41. The highest BCUT2D eigenvalue weighted by Gasteiger charge is 2.03. The summed E-state index contributed by atoms with van der Waals surface area (Å²) in [6.45, 7) is 0. The second-order valence-corrected chi connectivity index (χ2v) is 4.61. The zero-order valence-corrected chi connectivity index (χ0v) is 10.2. The first kappa shape index (κ1) is 12.8. The Labute approximate surface area is 107 Å². The molecule has 0 radical (unpaired) electrons. The van der Waals surface area contributed by atoms with E-state index in [0.717, 1.165) is 11.6 Å². The van der Waals surface area contributed by atoms with Crippen molar-refractivity contribution < 1.29 is 8.78 Å². The Hall–Kier alpha value is -1.66. The summed E-state index contributed by atoms with van der Waals surface area (Å²) in [5.41, 5.74) is 3.45. The first-order valence-electron chi connectivity index (χ1n) is 5.18. The number of benzene rings is 1. The summed E-state index contributed by atoms with van der Waals surface area (Å²) in [5, 5.41) is 0. The van der Waals surface area contributed by atoms with Gasteiger partial charge in [0.25, 0.3) is 0 Å². The number of rotatable bonds is 4. The lowest BCUT2D eigenvalue weighted by Gasteiger charge is -2.04. The molecule has 3 N–H and O–H groups in total. The predicted octanol–water partition coefficient (Wildman–Crippen LogP) is 2.94. The quantitative estimate of drug-likeness (QED) is 0.508. The van der Waals surface area contributed by atoms with Crippen molar-refractivity contribution >= 4 is 17.6 Å². The molecule has 3 nitrogen and oxygen atoms in total. The molecule has 94 valence electrons. The maximum absolute atomic E-state index is 13.0. The molecule has 0 fully saturated rings. The first-order chi connectivity index (χ1) is 8.69. The van der Waals surface area contributed by atoms with Crippen LogP contribution in [-0.4, -0.2) is 4.98 Å². The molecule has 1 aromatic heterocycles. The largest absolute Gasteiger partial charge is 0.308 e. The number of nitrogen functional groups attached to an aromatic ring is 1. The van der Waals surface area contributed by atoms with E-state index in [1.807, 2.05) is 6.07 Å². The average Bonchev–Trinajstić information content (AvgIpc) is 2.40. The molecule has 2 rings (SSSR count). The van der Waals surface area contributed by atoms with Crippen LogP contribution in [0.5, 0.6) is 0 Å². The molecule has 0 amide bonds. The minimum absolute atomic E-state index is 0.568. The third-order valence-corrected chi connectivity index (χ3v) is 3.33. The lowest BCUT2D eigenvalue weighted by Crippen LogP contribution is -2.08. The van der Waals surface area contributed by atoms with Crippen molar-refractivity contribution in [2.24, 2.45) is 5.84 Å². The molecule has 18 heavy (non-hydrogen) atoms. The Bertz CT molecular complexity index is 549. The van der Waals surface area contributed by atoms with Gasteiger partial charge in [-0.25, -0.2) is 19.6 Å². The van der Waals surface area contributed by atoms with Gasteiger partial charge in [0.15, 0.2) is 11.6 Å². The van der Waals surface area contributed by atoms with E-state index in [4.69, 9.17) is 5.84 Å². The van der Waals surface area contributed by atoms with Gasteiger partial charge in [-0.2, -0.15) is 0 Å². The predicted molar refractivity (Wildman–Crippen MR) is 68.0 cm³/mol. The van der Waals surface area contributed by atoms with Gasteiger partial charge in [-0.3, -0.25) is 0 Å². The summed E-state index contributed by atoms with van der Waals surface area (Å²) in [5.74, 6) is 4.78. The molecule has 0 saturated heterocycles. The lowest BCUT2D eigenvalue weighted by atomic mass is 10.3. The van der Waals surface area contributed by atoms with Crippen molar-refractivity contribution in [3.05, 3.63) is 53.7 Å². The van der Waals surface area contributed by atoms with E-state index >= 15 is 0 Å². The van der Waals surface area contributed by atoms with Gasteiger partial charge in [-0.1, -0.05) is 0 Å². The number of nitrogens with zero attached hydrogens (tertiary/aromatic N) is 1. The van der Waals surface area contributed by atoms with Crippen molar-refractivity contribution in [2.45, 2.75) is 10.6 Å². The Balaban J connectivity index is 2.04. The van der Waals surface area contributed by atoms with Crippen LogP contribution in [0.4, 0.5) is 14.6 Å². The molecule has 6 heteroatoms. The summed E-state index contributed by atoms with van der Waals surface area (Å²) in [7, 11) is 0. The van der Waals surface area contributed by atoms with Gasteiger partial charge in [-0.05, 0) is 35.9 Å². The Morgan fingerprint density at radius 2 is 2.00 bits per heavy atom. The van der Waals surface area contributed by atoms with Gasteiger partial charge < -0.3 is 5.43 Å². The second-order valence-electron chi connectivity index (χ2n) is 3.56. The van der Waals surface area contributed by atoms with Crippen LogP contribution in [0.2, 0.25) is 0 Å². The van der Waals surface area contributed by atoms with E-state index in [1.165, 1.54) is 17.8 Å². The number of hydrogen-bond acceptors (Lipinski definition) is 4. The van der Waals surface area contributed by atoms with Gasteiger partial charge >= 0.3 is 0 Å². The third-order valence-electron chi connectivity index (χ3n) is 2.27. The van der Waals surface area contributed by atoms with Crippen LogP contribution in [0.25, 0.3) is 0 Å². The molecule has 0 aliphatic rings. The highest BCUT2D eigenvalue weighted by Crippen LogP contribution is 2.24. The van der Waals surface area contributed by atoms with E-state index in [1.54, 1.807) is 18.3 Å². The van der Waals surface area contributed by atoms with Gasteiger partial charge in [0.05, 0.1) is 0 Å². The SMILES string of the molecule is NNc1cc(CSc2ccc(F)c(F)c2)ccn1. The number of hydrogen-bond donors (Lipinski definition) is 2. The third kappa shape index (κ3) is 3.18. The second kappa shape index (κ2) is 5.79. The lowest BCUT2D eigenvalue weighted by molar-refractivity contribution is 0.506. The van der Waals surface area contributed by atoms with Gasteiger partial charge in [0.2, 0.25) is 0 Å². The molecule has 0 aliphatic carbocycles. The van der Waals surface area contributed by atoms with Crippen LogP contribution in [0, 0.1) is 11.6 Å². The summed E-state index contributed by atoms with van der Waals surface area (Å²) in [6, 6.07) is 7.49. The van der Waals surface area contributed by atoms with Crippen LogP contribution < -0.4 is 11.3 Å². The van der Waals surface area contributed by atoms with Crippen molar-refractivity contribution in [2.75, 3.05) is 5.43 Å². The first-order valence-corrected chi connectivity index (χ1v) is 6.17. The van der Waals surface area contributed by atoms with Crippen LogP contribution in [0.15, 0.2) is 41.4 Å². The maximum Gasteiger partial charge on any atom is 0.159 e. The van der Waals surface area contributed by atoms with E-state index in [2.05, 4.69) is 10.4 Å². The smallest absolute Gasteiger partial charge is 0.159 e. The number of nitrogens with one attached hydrogen (secondary N) is 1. The van der Waals surface area contributed by atoms with Crippen molar-refractivity contribution in [1.82, 2.24) is 4.98 Å². The topological polar surface area (TPSA) is 50.9 Å². The Morgan fingerprint density at radius 3 is 2.72 bits per heavy atom. The number of nitrogens with two attached hydrogens (primary N) is 1. The van der Waals surface area contributed by atoms with Crippen molar-refractivity contribution in [3.63, 3.8) is 0 Å². The minimum atomic E-state index is -0.835. The Kier molecular flexibility index (Phi) is 4.11. The van der Waals surface area contributed by atoms with E-state index in [9.17, 15) is 8.78 Å². The molecule has 0 bridgehead atoms. The molecule has 1 aromatic carbocycles. The van der Waals surface area contributed by atoms with E-state index in [-0.39, 0.29) is 0 Å². The van der Waals surface area contributed by atoms with Gasteiger partial charge in [0.1, 0.15) is 5.82 Å². The minimum Gasteiger partial charge on any atom is -0.308 e. The van der Waals surface area contributed by atoms with Crippen LogP contribution in [-0.2, 0) is 5.75 Å². The normalized spacial score (nSPS) is 10.4. The van der Waals surface area contributed by atoms with Crippen LogP contribution in [0.3, 0.4) is 0 Å². The van der Waals surface area contributed by atoms with Gasteiger partial charge in [-0.15, -0.1) is 11.8 Å². The summed E-state index contributed by atoms with van der Waals surface area (Å²) < 4.78 is 25.7. The average molecular weight is 267 g/mol. The highest BCUT2D eigenvalue weighted by atomic mass is 32.2. The highest BCUT2D eigenvalue weighted by molar-refractivity contribution is 7.98. The number of pyridine rings is 1. The number of thioether (sulfide) groups is 1. The standard InChI is InChI=1S/C12H11F2N3S/c13-10-2-1-9(6-11(10)14)18-7-8-3-4-16-12(5-8)17-15/h1-6H,7,15H2,(H,16,17). The molecule has 2 aromatic rings. The number of hydrazine groups is 1. The zero-order chi connectivity index (χ0) is 13.0. The number of anilines is 1. The molecule has 0 spiro atoms. The molecule has 0 aliphatic heterocycles. The monoisotopic (exact) mass is 267 g/mol. The number of aromatic nitrogens is 1. The zero-order valence-electron chi connectivity index (χ0n) is 9.36. The van der Waals surface area contributed by atoms with Crippen molar-refractivity contribution in [3.8, 4) is 0 Å². The fraction of sp³-hybridized carbons (Fsp3) is 0.0833. The summed E-state index contributed by atoms with van der Waals surface area (Å²) in [6.07, 6.45) is 1.64. The van der Waals surface area contributed by atoms with Crippen LogP contribution in [0.1, 0.15) is 5.56 Å². The van der Waals surface area contributed by atoms with Crippen molar-refractivity contribution in [1.29, 1.82) is 0 Å². The van der Waals surface area contributed by atoms with E-state index in [0.29, 0.717) is 16.5 Å². The fourth-order valence-corrected chi connectivity index (χ4v) is 2.24. The van der Waals surface area contributed by atoms with Gasteiger partial charge in [0, 0.05) is 16.8 Å². The molecular formula is C12H11F2N3S. The molecule has 0 saturated carbocycles. The maximum atomic E-state index is 13.0. The summed E-state index contributed by atoms with van der Waals surface area (Å²) in [4.78, 5) is 4.66. The Morgan fingerprint density at radius 1 is 1.17 bits per heavy atom. The van der Waals surface area contributed by atoms with Crippen LogP contribution >= 0.6 is 11.8 Å². The fourth-order valence-electron chi connectivity index (χ4n) is 1.38. The molecular weight excluding hydrogens is 256 g/mol. The van der Waals surface area contributed by atoms with E-state index < -0.39 is 11.6 Å². The molecule has 0 atom stereocenters.